The largest absolute Gasteiger partial charge is 0.109 e. The number of rotatable bonds is 1. The number of benzene rings is 1. The maximum absolute atomic E-state index is 3.32. The third kappa shape index (κ3) is 1.63. The first-order valence-electron chi connectivity index (χ1n) is 4.48. The Morgan fingerprint density at radius 1 is 1.08 bits per heavy atom. The molecule has 0 radical (unpaired) electrons. The Kier molecular flexibility index (Phi) is 1.92. The first-order chi connectivity index (χ1) is 6.25. The van der Waals surface area contributed by atoms with Gasteiger partial charge in [-0.2, -0.15) is 0 Å². The summed E-state index contributed by atoms with van der Waals surface area (Å²) < 4.78 is 0. The first-order valence-corrected chi connectivity index (χ1v) is 4.48. The molecule has 2 rings (SSSR count). The molecule has 64 valence electrons. The molecule has 1 aromatic carbocycles. The van der Waals surface area contributed by atoms with E-state index < -0.39 is 0 Å². The fourth-order valence-electron chi connectivity index (χ4n) is 1.49. The van der Waals surface area contributed by atoms with E-state index >= 15 is 0 Å². The van der Waals surface area contributed by atoms with Crippen LogP contribution in [0.3, 0.4) is 0 Å². The Balaban J connectivity index is 2.49. The Bertz CT molecular complexity index is 427. The van der Waals surface area contributed by atoms with Crippen LogP contribution in [0.5, 0.6) is 0 Å². The number of aryl methyl sites for hydroxylation is 1. The lowest BCUT2D eigenvalue weighted by Gasteiger charge is -1.98. The minimum Gasteiger partial charge on any atom is -0.109 e. The maximum atomic E-state index is 3.32. The van der Waals surface area contributed by atoms with E-state index in [4.69, 9.17) is 0 Å². The van der Waals surface area contributed by atoms with Crippen LogP contribution in [0.2, 0.25) is 0 Å². The Morgan fingerprint density at radius 2 is 1.92 bits per heavy atom. The third-order valence-corrected chi connectivity index (χ3v) is 2.16. The van der Waals surface area contributed by atoms with Gasteiger partial charge in [0.05, 0.1) is 0 Å². The van der Waals surface area contributed by atoms with E-state index in [0.717, 1.165) is 0 Å². The summed E-state index contributed by atoms with van der Waals surface area (Å²) in [5.74, 6) is 0. The lowest BCUT2D eigenvalue weighted by Crippen LogP contribution is -1.79. The summed E-state index contributed by atoms with van der Waals surface area (Å²) in [6.45, 7) is 4.18. The van der Waals surface area contributed by atoms with E-state index in [0.29, 0.717) is 0 Å². The van der Waals surface area contributed by atoms with Gasteiger partial charge in [-0.25, -0.2) is 0 Å². The van der Waals surface area contributed by atoms with Crippen LogP contribution < -0.4 is 0 Å². The standard InChI is InChI=1S/C13H12/c1-10-4-3-5-12(8-10)13-7-6-11(2)9-13/h3-8H,1-2H3. The van der Waals surface area contributed by atoms with Crippen LogP contribution in [0.25, 0.3) is 5.57 Å². The molecule has 0 heterocycles. The van der Waals surface area contributed by atoms with Gasteiger partial charge in [0.2, 0.25) is 0 Å². The minimum atomic E-state index is 1.20. The lowest BCUT2D eigenvalue weighted by molar-refractivity contribution is 1.45. The molecule has 0 saturated heterocycles. The molecule has 0 amide bonds. The van der Waals surface area contributed by atoms with Crippen LogP contribution in [-0.2, 0) is 0 Å². The second kappa shape index (κ2) is 3.08. The molecule has 1 aliphatic carbocycles. The Labute approximate surface area is 78.9 Å². The van der Waals surface area contributed by atoms with Crippen LogP contribution in [0.4, 0.5) is 0 Å². The molecule has 1 aromatic rings. The van der Waals surface area contributed by atoms with Crippen LogP contribution in [0.1, 0.15) is 18.1 Å². The van der Waals surface area contributed by atoms with Crippen molar-refractivity contribution in [3.05, 3.63) is 58.8 Å². The normalized spacial score (nSPS) is 14.3. The summed E-state index contributed by atoms with van der Waals surface area (Å²) >= 11 is 0. The van der Waals surface area contributed by atoms with E-state index in [9.17, 15) is 0 Å². The maximum Gasteiger partial charge on any atom is 0.0240 e. The summed E-state index contributed by atoms with van der Waals surface area (Å²) in [6.07, 6.45) is 4.21. The summed E-state index contributed by atoms with van der Waals surface area (Å²) in [5.41, 5.74) is 8.27. The quantitative estimate of drug-likeness (QED) is 0.563. The predicted octanol–water partition coefficient (Wildman–Crippen LogP) is 3.49. The van der Waals surface area contributed by atoms with Gasteiger partial charge in [-0.05, 0) is 31.1 Å². The fraction of sp³-hybridized carbons (Fsp3) is 0.154. The molecule has 0 atom stereocenters. The minimum absolute atomic E-state index is 1.20. The highest BCUT2D eigenvalue weighted by atomic mass is 14.0. The van der Waals surface area contributed by atoms with Crippen molar-refractivity contribution >= 4 is 5.57 Å². The fourth-order valence-corrected chi connectivity index (χ4v) is 1.49. The van der Waals surface area contributed by atoms with Crippen molar-refractivity contribution < 1.29 is 0 Å². The van der Waals surface area contributed by atoms with Crippen molar-refractivity contribution in [2.45, 2.75) is 13.8 Å². The monoisotopic (exact) mass is 168 g/mol. The van der Waals surface area contributed by atoms with Crippen molar-refractivity contribution in [2.24, 2.45) is 0 Å². The molecule has 1 aliphatic rings. The van der Waals surface area contributed by atoms with Crippen molar-refractivity contribution in [2.75, 3.05) is 0 Å². The van der Waals surface area contributed by atoms with Crippen molar-refractivity contribution in [1.29, 1.82) is 0 Å². The van der Waals surface area contributed by atoms with Gasteiger partial charge < -0.3 is 0 Å². The number of hydrogen-bond donors (Lipinski definition) is 0. The Morgan fingerprint density at radius 3 is 2.54 bits per heavy atom. The van der Waals surface area contributed by atoms with Crippen LogP contribution >= 0.6 is 0 Å². The van der Waals surface area contributed by atoms with Crippen LogP contribution in [0.15, 0.2) is 47.7 Å². The molecule has 0 unspecified atom stereocenters. The van der Waals surface area contributed by atoms with Crippen molar-refractivity contribution in [3.8, 4) is 0 Å². The third-order valence-electron chi connectivity index (χ3n) is 2.16. The lowest BCUT2D eigenvalue weighted by atomic mass is 10.1. The molecule has 13 heavy (non-hydrogen) atoms. The van der Waals surface area contributed by atoms with Gasteiger partial charge in [-0.15, -0.1) is 5.73 Å². The second-order valence-electron chi connectivity index (χ2n) is 3.42. The zero-order valence-electron chi connectivity index (χ0n) is 7.96. The highest BCUT2D eigenvalue weighted by molar-refractivity contribution is 5.77. The molecule has 0 nitrogen and oxygen atoms in total. The summed E-state index contributed by atoms with van der Waals surface area (Å²) in [4.78, 5) is 0. The average molecular weight is 168 g/mol. The highest BCUT2D eigenvalue weighted by Crippen LogP contribution is 2.20. The van der Waals surface area contributed by atoms with Gasteiger partial charge in [-0.3, -0.25) is 0 Å². The SMILES string of the molecule is CC1=C=C(c2cccc(C)c2)C=C1. The van der Waals surface area contributed by atoms with Gasteiger partial charge >= 0.3 is 0 Å². The van der Waals surface area contributed by atoms with E-state index in [-0.39, 0.29) is 0 Å². The highest BCUT2D eigenvalue weighted by Gasteiger charge is 2.00. The van der Waals surface area contributed by atoms with Crippen LogP contribution in [-0.4, -0.2) is 0 Å². The summed E-state index contributed by atoms with van der Waals surface area (Å²) in [5, 5.41) is 0. The second-order valence-corrected chi connectivity index (χ2v) is 3.42. The van der Waals surface area contributed by atoms with Crippen LogP contribution in [0, 0.1) is 6.92 Å². The van der Waals surface area contributed by atoms with E-state index in [1.807, 2.05) is 0 Å². The van der Waals surface area contributed by atoms with Gasteiger partial charge in [0.15, 0.2) is 0 Å². The summed E-state index contributed by atoms with van der Waals surface area (Å²) in [6, 6.07) is 8.50. The predicted molar refractivity (Wildman–Crippen MR) is 56.4 cm³/mol. The molecule has 0 N–H and O–H groups in total. The molecule has 0 fully saturated rings. The topological polar surface area (TPSA) is 0 Å². The van der Waals surface area contributed by atoms with Crippen molar-refractivity contribution in [1.82, 2.24) is 0 Å². The van der Waals surface area contributed by atoms with Gasteiger partial charge in [-0.1, -0.05) is 35.9 Å². The molecule has 0 heteroatoms. The van der Waals surface area contributed by atoms with Gasteiger partial charge in [0.1, 0.15) is 0 Å². The molecule has 0 bridgehead atoms. The van der Waals surface area contributed by atoms with E-state index in [2.05, 4.69) is 56.0 Å². The molecular formula is C13H12. The Hall–Kier alpha value is -1.52. The van der Waals surface area contributed by atoms with Gasteiger partial charge in [0, 0.05) is 5.57 Å². The molecule has 0 aliphatic heterocycles. The smallest absolute Gasteiger partial charge is 0.0240 e. The van der Waals surface area contributed by atoms with E-state index in [1.165, 1.54) is 22.3 Å². The van der Waals surface area contributed by atoms with E-state index in [1.54, 1.807) is 0 Å². The molecular weight excluding hydrogens is 156 g/mol. The molecule has 0 saturated carbocycles. The van der Waals surface area contributed by atoms with Crippen molar-refractivity contribution in [3.63, 3.8) is 0 Å². The average Bonchev–Trinajstić information content (AvgIpc) is 2.52. The number of hydrogen-bond acceptors (Lipinski definition) is 0. The molecule has 0 spiro atoms. The zero-order chi connectivity index (χ0) is 9.26. The molecule has 0 aromatic heterocycles. The van der Waals surface area contributed by atoms with Gasteiger partial charge in [0.25, 0.3) is 0 Å². The number of allylic oxidation sites excluding steroid dienone is 3. The summed E-state index contributed by atoms with van der Waals surface area (Å²) in [7, 11) is 0. The first kappa shape index (κ1) is 8.10. The zero-order valence-corrected chi connectivity index (χ0v) is 7.96.